The van der Waals surface area contributed by atoms with E-state index in [0.717, 1.165) is 67.2 Å². The number of rotatable bonds is 6. The molecule has 5 nitrogen and oxygen atoms in total. The Labute approximate surface area is 251 Å². The number of carbonyl (C=O) groups is 1. The molecule has 1 aliphatic heterocycles. The number of imidazole rings is 1. The molecule has 41 heavy (non-hydrogen) atoms. The van der Waals surface area contributed by atoms with Crippen molar-refractivity contribution < 1.29 is 9.53 Å². The third-order valence-corrected chi connectivity index (χ3v) is 9.58. The minimum absolute atomic E-state index is 0.0360. The van der Waals surface area contributed by atoms with Gasteiger partial charge in [0.15, 0.2) is 0 Å². The van der Waals surface area contributed by atoms with Gasteiger partial charge < -0.3 is 14.2 Å². The van der Waals surface area contributed by atoms with Crippen LogP contribution in [0.2, 0.25) is 10.0 Å². The lowest BCUT2D eigenvalue weighted by atomic mass is 9.85. The van der Waals surface area contributed by atoms with E-state index in [9.17, 15) is 4.79 Å². The molecule has 0 bridgehead atoms. The second-order valence-electron chi connectivity index (χ2n) is 11.9. The molecule has 1 saturated heterocycles. The molecule has 2 saturated carbocycles. The third-order valence-electron chi connectivity index (χ3n) is 9.08. The van der Waals surface area contributed by atoms with Crippen LogP contribution in [0.5, 0.6) is 0 Å². The van der Waals surface area contributed by atoms with Crippen molar-refractivity contribution in [2.45, 2.75) is 75.3 Å². The number of likely N-dealkylation sites (tertiary alicyclic amines) is 1. The minimum atomic E-state index is -0.135. The summed E-state index contributed by atoms with van der Waals surface area (Å²) < 4.78 is 8.32. The van der Waals surface area contributed by atoms with E-state index in [0.29, 0.717) is 12.0 Å². The van der Waals surface area contributed by atoms with Crippen molar-refractivity contribution in [1.82, 2.24) is 14.5 Å². The molecule has 2 aliphatic carbocycles. The summed E-state index contributed by atoms with van der Waals surface area (Å²) in [5, 5.41) is 1.45. The summed E-state index contributed by atoms with van der Waals surface area (Å²) in [4.78, 5) is 19.9. The van der Waals surface area contributed by atoms with E-state index in [1.807, 2.05) is 29.2 Å². The van der Waals surface area contributed by atoms with Gasteiger partial charge in [-0.05, 0) is 104 Å². The maximum absolute atomic E-state index is 12.8. The maximum Gasteiger partial charge on any atom is 0.410 e. The van der Waals surface area contributed by atoms with Crippen molar-refractivity contribution in [3.8, 4) is 0 Å². The van der Waals surface area contributed by atoms with Gasteiger partial charge in [-0.3, -0.25) is 0 Å². The van der Waals surface area contributed by atoms with Crippen LogP contribution in [0.15, 0.2) is 66.7 Å². The first-order chi connectivity index (χ1) is 20.0. The van der Waals surface area contributed by atoms with Gasteiger partial charge in [0, 0.05) is 41.0 Å². The fourth-order valence-electron chi connectivity index (χ4n) is 6.74. The normalized spacial score (nSPS) is 18.5. The van der Waals surface area contributed by atoms with Gasteiger partial charge in [0.1, 0.15) is 11.9 Å². The Balaban J connectivity index is 1.22. The summed E-state index contributed by atoms with van der Waals surface area (Å²) in [7, 11) is 0. The maximum atomic E-state index is 12.8. The molecule has 212 valence electrons. The van der Waals surface area contributed by atoms with Crippen molar-refractivity contribution in [3.63, 3.8) is 0 Å². The number of hydrogen-bond acceptors (Lipinski definition) is 3. The third kappa shape index (κ3) is 5.59. The van der Waals surface area contributed by atoms with E-state index in [-0.39, 0.29) is 18.1 Å². The SMILES string of the molecule is O=C(OC1CCCC1)N1CCC(n2c(C3CC3)nc3ccc(C(c4ccc(Cl)cc4)c4ccc(Cl)cc4)cc32)CC1. The van der Waals surface area contributed by atoms with Crippen LogP contribution in [0.3, 0.4) is 0 Å². The molecule has 1 aromatic heterocycles. The fraction of sp³-hybridized carbons (Fsp3) is 0.412. The number of halogens is 2. The molecule has 0 spiro atoms. The highest BCUT2D eigenvalue weighted by molar-refractivity contribution is 6.30. The van der Waals surface area contributed by atoms with Crippen molar-refractivity contribution in [2.24, 2.45) is 0 Å². The van der Waals surface area contributed by atoms with Crippen LogP contribution < -0.4 is 0 Å². The highest BCUT2D eigenvalue weighted by atomic mass is 35.5. The lowest BCUT2D eigenvalue weighted by Crippen LogP contribution is -2.40. The Morgan fingerprint density at radius 2 is 1.37 bits per heavy atom. The Hall–Kier alpha value is -3.02. The van der Waals surface area contributed by atoms with Crippen molar-refractivity contribution in [2.75, 3.05) is 13.1 Å². The Bertz CT molecular complexity index is 1490. The van der Waals surface area contributed by atoms with E-state index >= 15 is 0 Å². The summed E-state index contributed by atoms with van der Waals surface area (Å²) in [6.45, 7) is 1.44. The standard InChI is InChI=1S/C34H35Cl2N3O2/c35-26-12-7-22(8-13-26)32(23-9-14-27(36)15-10-23)25-11-16-30-31(21-25)39(33(37-30)24-5-6-24)28-17-19-38(20-18-28)34(40)41-29-3-1-2-4-29/h7-16,21,24,28-29,32H,1-6,17-20H2. The number of carbonyl (C=O) groups excluding carboxylic acids is 1. The van der Waals surface area contributed by atoms with Gasteiger partial charge in [0.05, 0.1) is 11.0 Å². The number of ether oxygens (including phenoxy) is 1. The Morgan fingerprint density at radius 3 is 1.95 bits per heavy atom. The zero-order chi connectivity index (χ0) is 27.9. The molecule has 7 heteroatoms. The molecular formula is C34H35Cl2N3O2. The number of piperidine rings is 1. The van der Waals surface area contributed by atoms with E-state index in [2.05, 4.69) is 47.0 Å². The second-order valence-corrected chi connectivity index (χ2v) is 12.8. The van der Waals surface area contributed by atoms with Crippen LogP contribution in [-0.2, 0) is 4.74 Å². The van der Waals surface area contributed by atoms with Crippen LogP contribution in [0.4, 0.5) is 4.79 Å². The van der Waals surface area contributed by atoms with Gasteiger partial charge in [-0.2, -0.15) is 0 Å². The molecule has 0 N–H and O–H groups in total. The van der Waals surface area contributed by atoms with Gasteiger partial charge in [0.2, 0.25) is 0 Å². The van der Waals surface area contributed by atoms with E-state index in [4.69, 9.17) is 32.9 Å². The number of amides is 1. The topological polar surface area (TPSA) is 47.4 Å². The molecule has 4 aromatic rings. The summed E-state index contributed by atoms with van der Waals surface area (Å²) in [5.74, 6) is 1.77. The summed E-state index contributed by atoms with van der Waals surface area (Å²) in [6, 6.07) is 23.3. The Kier molecular flexibility index (Phi) is 7.43. The first-order valence-electron chi connectivity index (χ1n) is 15.0. The number of fused-ring (bicyclic) bond motifs is 1. The summed E-state index contributed by atoms with van der Waals surface area (Å²) >= 11 is 12.5. The molecule has 3 fully saturated rings. The van der Waals surface area contributed by atoms with Gasteiger partial charge in [0.25, 0.3) is 0 Å². The molecule has 0 atom stereocenters. The molecule has 3 aromatic carbocycles. The largest absolute Gasteiger partial charge is 0.446 e. The van der Waals surface area contributed by atoms with E-state index in [1.54, 1.807) is 0 Å². The lowest BCUT2D eigenvalue weighted by Gasteiger charge is -2.33. The zero-order valence-electron chi connectivity index (χ0n) is 23.1. The number of benzene rings is 3. The molecule has 3 aliphatic rings. The molecule has 0 radical (unpaired) electrons. The predicted octanol–water partition coefficient (Wildman–Crippen LogP) is 9.12. The van der Waals surface area contributed by atoms with Crippen LogP contribution in [0, 0.1) is 0 Å². The van der Waals surface area contributed by atoms with Crippen LogP contribution in [-0.4, -0.2) is 39.7 Å². The van der Waals surface area contributed by atoms with E-state index < -0.39 is 0 Å². The van der Waals surface area contributed by atoms with Crippen molar-refractivity contribution >= 4 is 40.3 Å². The van der Waals surface area contributed by atoms with Gasteiger partial charge in [-0.25, -0.2) is 9.78 Å². The first-order valence-corrected chi connectivity index (χ1v) is 15.8. The quantitative estimate of drug-likeness (QED) is 0.211. The monoisotopic (exact) mass is 587 g/mol. The molecule has 0 unspecified atom stereocenters. The minimum Gasteiger partial charge on any atom is -0.446 e. The van der Waals surface area contributed by atoms with Crippen LogP contribution in [0.1, 0.15) is 91.8 Å². The smallest absolute Gasteiger partial charge is 0.410 e. The lowest BCUT2D eigenvalue weighted by molar-refractivity contribution is 0.0560. The number of aromatic nitrogens is 2. The second kappa shape index (κ2) is 11.3. The van der Waals surface area contributed by atoms with Gasteiger partial charge >= 0.3 is 6.09 Å². The van der Waals surface area contributed by atoms with Gasteiger partial charge in [-0.15, -0.1) is 0 Å². The highest BCUT2D eigenvalue weighted by Gasteiger charge is 2.34. The average molecular weight is 589 g/mol. The Morgan fingerprint density at radius 1 is 0.780 bits per heavy atom. The molecule has 7 rings (SSSR count). The molecule has 1 amide bonds. The van der Waals surface area contributed by atoms with Crippen LogP contribution >= 0.6 is 23.2 Å². The number of hydrogen-bond donors (Lipinski definition) is 0. The van der Waals surface area contributed by atoms with Gasteiger partial charge in [-0.1, -0.05) is 53.5 Å². The van der Waals surface area contributed by atoms with Crippen molar-refractivity contribution in [1.29, 1.82) is 0 Å². The molecular weight excluding hydrogens is 553 g/mol. The van der Waals surface area contributed by atoms with Crippen molar-refractivity contribution in [3.05, 3.63) is 99.3 Å². The highest BCUT2D eigenvalue weighted by Crippen LogP contribution is 2.44. The fourth-order valence-corrected chi connectivity index (χ4v) is 6.99. The first kappa shape index (κ1) is 26.9. The average Bonchev–Trinajstić information content (AvgIpc) is 3.58. The van der Waals surface area contributed by atoms with E-state index in [1.165, 1.54) is 40.9 Å². The summed E-state index contributed by atoms with van der Waals surface area (Å²) in [5.41, 5.74) is 5.80. The predicted molar refractivity (Wildman–Crippen MR) is 164 cm³/mol. The zero-order valence-corrected chi connectivity index (χ0v) is 24.7. The number of nitrogens with zero attached hydrogens (tertiary/aromatic N) is 3. The molecule has 2 heterocycles. The van der Waals surface area contributed by atoms with Crippen LogP contribution in [0.25, 0.3) is 11.0 Å². The summed E-state index contributed by atoms with van der Waals surface area (Å²) in [6.07, 6.45) is 8.51.